The van der Waals surface area contributed by atoms with E-state index in [1.807, 2.05) is 31.3 Å². The molecule has 0 amide bonds. The van der Waals surface area contributed by atoms with Crippen molar-refractivity contribution in [3.63, 3.8) is 0 Å². The smallest absolute Gasteiger partial charge is 0.191 e. The van der Waals surface area contributed by atoms with Crippen LogP contribution in [0, 0.1) is 5.82 Å². The molecule has 0 aliphatic carbocycles. The van der Waals surface area contributed by atoms with Crippen LogP contribution in [0.4, 0.5) is 4.39 Å². The molecule has 3 unspecified atom stereocenters. The molecule has 2 aliphatic heterocycles. The van der Waals surface area contributed by atoms with Crippen molar-refractivity contribution in [3.8, 4) is 5.75 Å². The summed E-state index contributed by atoms with van der Waals surface area (Å²) in [6, 6.07) is 10.6. The number of carbonyl (C=O) groups excluding carboxylic acids is 1. The van der Waals surface area contributed by atoms with Gasteiger partial charge in [0, 0.05) is 17.9 Å². The van der Waals surface area contributed by atoms with E-state index in [0.29, 0.717) is 18.5 Å². The second-order valence-corrected chi connectivity index (χ2v) is 11.2. The number of hydrogen-bond donors (Lipinski definition) is 0. The highest BCUT2D eigenvalue weighted by Crippen LogP contribution is 2.42. The average molecular weight is 458 g/mol. The van der Waals surface area contributed by atoms with Crippen LogP contribution in [0.2, 0.25) is 0 Å². The highest BCUT2D eigenvalue weighted by Gasteiger charge is 2.46. The van der Waals surface area contributed by atoms with Crippen LogP contribution in [0.15, 0.2) is 52.4 Å². The lowest BCUT2D eigenvalue weighted by molar-refractivity contribution is -0.121. The van der Waals surface area contributed by atoms with Gasteiger partial charge in [-0.25, -0.2) is 12.8 Å². The number of sulfone groups is 1. The lowest BCUT2D eigenvalue weighted by Crippen LogP contribution is -2.45. The van der Waals surface area contributed by atoms with Crippen molar-refractivity contribution in [3.05, 3.63) is 59.4 Å². The molecule has 2 heterocycles. The molecule has 32 heavy (non-hydrogen) atoms. The SMILES string of the molecule is CCCCC(=O)C(C)(Cc1ccc2c(c1)OC1CN=CCC21)S(=O)(=O)c1cccc(F)c1. The lowest BCUT2D eigenvalue weighted by Gasteiger charge is -2.28. The zero-order valence-electron chi connectivity index (χ0n) is 18.4. The van der Waals surface area contributed by atoms with Gasteiger partial charge in [0.05, 0.1) is 11.4 Å². The van der Waals surface area contributed by atoms with Crippen molar-refractivity contribution >= 4 is 21.8 Å². The predicted molar refractivity (Wildman–Crippen MR) is 122 cm³/mol. The number of rotatable bonds is 8. The van der Waals surface area contributed by atoms with Crippen LogP contribution in [0.5, 0.6) is 5.75 Å². The van der Waals surface area contributed by atoms with Gasteiger partial charge in [-0.2, -0.15) is 0 Å². The molecule has 0 fully saturated rings. The minimum Gasteiger partial charge on any atom is -0.488 e. The maximum absolute atomic E-state index is 13.8. The number of ketones is 1. The van der Waals surface area contributed by atoms with Crippen molar-refractivity contribution in [2.24, 2.45) is 4.99 Å². The zero-order valence-corrected chi connectivity index (χ0v) is 19.2. The summed E-state index contributed by atoms with van der Waals surface area (Å²) in [4.78, 5) is 17.4. The summed E-state index contributed by atoms with van der Waals surface area (Å²) in [5.74, 6) is -0.0167. The van der Waals surface area contributed by atoms with E-state index in [1.165, 1.54) is 25.1 Å². The maximum Gasteiger partial charge on any atom is 0.191 e. The van der Waals surface area contributed by atoms with E-state index in [9.17, 15) is 17.6 Å². The Kier molecular flexibility index (Phi) is 6.21. The number of ether oxygens (including phenoxy) is 1. The summed E-state index contributed by atoms with van der Waals surface area (Å²) in [5.41, 5.74) is 1.80. The topological polar surface area (TPSA) is 72.8 Å². The fourth-order valence-electron chi connectivity index (χ4n) is 4.58. The summed E-state index contributed by atoms with van der Waals surface area (Å²) in [5, 5.41) is 0. The van der Waals surface area contributed by atoms with Crippen molar-refractivity contribution in [2.45, 2.75) is 67.6 Å². The Morgan fingerprint density at radius 3 is 2.81 bits per heavy atom. The first kappa shape index (κ1) is 22.6. The first-order valence-corrected chi connectivity index (χ1v) is 12.6. The Labute approximate surface area is 188 Å². The zero-order chi connectivity index (χ0) is 22.9. The number of fused-ring (bicyclic) bond motifs is 3. The average Bonchev–Trinajstić information content (AvgIpc) is 3.15. The number of nitrogens with zero attached hydrogens (tertiary/aromatic N) is 1. The molecule has 3 atom stereocenters. The minimum absolute atomic E-state index is 0.00107. The Bertz CT molecular complexity index is 1160. The number of aliphatic imine (C=N–C) groups is 1. The van der Waals surface area contributed by atoms with Gasteiger partial charge in [-0.15, -0.1) is 0 Å². The number of unbranched alkanes of at least 4 members (excludes halogenated alkanes) is 1. The van der Waals surface area contributed by atoms with E-state index in [4.69, 9.17) is 4.74 Å². The van der Waals surface area contributed by atoms with E-state index >= 15 is 0 Å². The van der Waals surface area contributed by atoms with E-state index < -0.39 is 20.4 Å². The van der Waals surface area contributed by atoms with Gasteiger partial charge < -0.3 is 4.74 Å². The van der Waals surface area contributed by atoms with Gasteiger partial charge in [0.1, 0.15) is 22.4 Å². The number of hydrogen-bond acceptors (Lipinski definition) is 5. The van der Waals surface area contributed by atoms with Gasteiger partial charge in [0.2, 0.25) is 0 Å². The van der Waals surface area contributed by atoms with Gasteiger partial charge in [-0.3, -0.25) is 9.79 Å². The number of Topliss-reactive ketones (excluding diaryl/α,β-unsaturated/α-hetero) is 1. The standard InChI is InChI=1S/C25H28FNO4S/c1-3-4-8-24(28)25(2,32(29,30)19-7-5-6-18(26)14-19)15-17-9-10-20-21-11-12-27-16-23(21)31-22(20)13-17/h5-7,9-10,12-14,21,23H,3-4,8,11,15-16H2,1-2H3. The molecule has 2 aromatic carbocycles. The fraction of sp³-hybridized carbons (Fsp3) is 0.440. The normalized spacial score (nSPS) is 21.3. The molecular formula is C25H28FNO4S. The highest BCUT2D eigenvalue weighted by molar-refractivity contribution is 7.93. The monoisotopic (exact) mass is 457 g/mol. The molecular weight excluding hydrogens is 429 g/mol. The Balaban J connectivity index is 1.70. The van der Waals surface area contributed by atoms with E-state index in [2.05, 4.69) is 4.99 Å². The van der Waals surface area contributed by atoms with Gasteiger partial charge >= 0.3 is 0 Å². The third-order valence-corrected chi connectivity index (χ3v) is 9.00. The summed E-state index contributed by atoms with van der Waals surface area (Å²) in [6.07, 6.45) is 4.27. The van der Waals surface area contributed by atoms with Gasteiger partial charge in [0.25, 0.3) is 0 Å². The van der Waals surface area contributed by atoms with Crippen molar-refractivity contribution in [1.29, 1.82) is 0 Å². The van der Waals surface area contributed by atoms with Gasteiger partial charge in [-0.05, 0) is 62.2 Å². The summed E-state index contributed by atoms with van der Waals surface area (Å²) < 4.78 is 45.4. The van der Waals surface area contributed by atoms with Crippen molar-refractivity contribution in [1.82, 2.24) is 0 Å². The summed E-state index contributed by atoms with van der Waals surface area (Å²) in [6.45, 7) is 4.02. The molecule has 0 saturated heterocycles. The summed E-state index contributed by atoms with van der Waals surface area (Å²) >= 11 is 0. The third-order valence-electron chi connectivity index (χ3n) is 6.57. The molecule has 0 radical (unpaired) electrons. The van der Waals surface area contributed by atoms with Gasteiger partial charge in [0.15, 0.2) is 15.6 Å². The minimum atomic E-state index is -4.14. The van der Waals surface area contributed by atoms with Crippen LogP contribution in [0.3, 0.4) is 0 Å². The summed E-state index contributed by atoms with van der Waals surface area (Å²) in [7, 11) is -4.14. The van der Waals surface area contributed by atoms with Crippen LogP contribution in [-0.2, 0) is 21.1 Å². The van der Waals surface area contributed by atoms with Crippen molar-refractivity contribution in [2.75, 3.05) is 6.54 Å². The third kappa shape index (κ3) is 3.98. The lowest BCUT2D eigenvalue weighted by atomic mass is 9.88. The molecule has 5 nitrogen and oxygen atoms in total. The number of halogens is 1. The number of carbonyl (C=O) groups is 1. The molecule has 7 heteroatoms. The molecule has 170 valence electrons. The molecule has 4 rings (SSSR count). The fourth-order valence-corrected chi connectivity index (χ4v) is 6.39. The van der Waals surface area contributed by atoms with Gasteiger partial charge in [-0.1, -0.05) is 31.5 Å². The molecule has 0 spiro atoms. The maximum atomic E-state index is 13.8. The van der Waals surface area contributed by atoms with Crippen LogP contribution in [0.1, 0.15) is 56.6 Å². The van der Waals surface area contributed by atoms with Crippen LogP contribution in [0.25, 0.3) is 0 Å². The van der Waals surface area contributed by atoms with E-state index in [0.717, 1.165) is 30.2 Å². The molecule has 2 aliphatic rings. The number of benzene rings is 2. The van der Waals surface area contributed by atoms with Crippen LogP contribution >= 0.6 is 0 Å². The van der Waals surface area contributed by atoms with E-state index in [-0.39, 0.29) is 35.5 Å². The highest BCUT2D eigenvalue weighted by atomic mass is 32.2. The second-order valence-electron chi connectivity index (χ2n) is 8.81. The first-order chi connectivity index (χ1) is 15.3. The molecule has 0 saturated carbocycles. The first-order valence-electron chi connectivity index (χ1n) is 11.1. The van der Waals surface area contributed by atoms with E-state index in [1.54, 1.807) is 0 Å². The Morgan fingerprint density at radius 1 is 1.25 bits per heavy atom. The largest absolute Gasteiger partial charge is 0.488 e. The molecule has 2 aromatic rings. The quantitative estimate of drug-likeness (QED) is 0.577. The molecule has 0 aromatic heterocycles. The van der Waals surface area contributed by atoms with Crippen molar-refractivity contribution < 1.29 is 22.3 Å². The predicted octanol–water partition coefficient (Wildman–Crippen LogP) is 4.68. The Morgan fingerprint density at radius 2 is 2.06 bits per heavy atom. The van der Waals surface area contributed by atoms with Crippen LogP contribution < -0.4 is 4.74 Å². The molecule has 0 bridgehead atoms. The molecule has 0 N–H and O–H groups in total. The Hall–Kier alpha value is -2.54. The second kappa shape index (κ2) is 8.77. The van der Waals surface area contributed by atoms with Crippen LogP contribution in [-0.4, -0.2) is 37.8 Å².